The molecule has 0 aliphatic heterocycles. The SMILES string of the molecule is N#Cc1ccc(COC(=O)CC23C[C@H]4C[C@@H](CC(Br)(C4)C2)C3)cc1. The summed E-state index contributed by atoms with van der Waals surface area (Å²) < 4.78 is 5.82. The van der Waals surface area contributed by atoms with Gasteiger partial charge in [0.05, 0.1) is 18.1 Å². The van der Waals surface area contributed by atoms with Gasteiger partial charge in [0, 0.05) is 4.32 Å². The summed E-state index contributed by atoms with van der Waals surface area (Å²) in [4.78, 5) is 12.4. The van der Waals surface area contributed by atoms with E-state index in [2.05, 4.69) is 22.0 Å². The van der Waals surface area contributed by atoms with Gasteiger partial charge < -0.3 is 4.74 Å². The van der Waals surface area contributed by atoms with Crippen molar-refractivity contribution in [2.45, 2.75) is 55.9 Å². The van der Waals surface area contributed by atoms with Gasteiger partial charge in [-0.25, -0.2) is 0 Å². The van der Waals surface area contributed by atoms with Crippen LogP contribution >= 0.6 is 15.9 Å². The molecular formula is C20H22BrNO2. The summed E-state index contributed by atoms with van der Waals surface area (Å²) in [6, 6.07) is 9.32. The molecule has 0 heterocycles. The Balaban J connectivity index is 1.37. The van der Waals surface area contributed by atoms with Crippen LogP contribution in [0.1, 0.15) is 56.1 Å². The van der Waals surface area contributed by atoms with Gasteiger partial charge in [-0.05, 0) is 73.5 Å². The third-order valence-corrected chi connectivity index (χ3v) is 7.04. The average molecular weight is 388 g/mol. The fourth-order valence-corrected chi connectivity index (χ4v) is 7.25. The Labute approximate surface area is 151 Å². The Morgan fingerprint density at radius 1 is 1.21 bits per heavy atom. The van der Waals surface area contributed by atoms with E-state index in [9.17, 15) is 4.79 Å². The van der Waals surface area contributed by atoms with Crippen molar-refractivity contribution in [2.24, 2.45) is 17.3 Å². The van der Waals surface area contributed by atoms with Gasteiger partial charge in [-0.2, -0.15) is 5.26 Å². The second-order valence-electron chi connectivity index (χ2n) is 8.26. The molecule has 4 heteroatoms. The van der Waals surface area contributed by atoms with E-state index in [0.29, 0.717) is 18.6 Å². The largest absolute Gasteiger partial charge is 0.461 e. The molecule has 4 fully saturated rings. The highest BCUT2D eigenvalue weighted by Crippen LogP contribution is 2.65. The number of nitrogens with zero attached hydrogens (tertiary/aromatic N) is 1. The summed E-state index contributed by atoms with van der Waals surface area (Å²) >= 11 is 3.99. The number of carbonyl (C=O) groups is 1. The number of ether oxygens (including phenoxy) is 1. The van der Waals surface area contributed by atoms with Crippen molar-refractivity contribution in [3.8, 4) is 6.07 Å². The average Bonchev–Trinajstić information content (AvgIpc) is 2.50. The first kappa shape index (κ1) is 16.1. The van der Waals surface area contributed by atoms with E-state index in [0.717, 1.165) is 23.8 Å². The van der Waals surface area contributed by atoms with Gasteiger partial charge in [0.25, 0.3) is 0 Å². The number of rotatable bonds is 4. The van der Waals surface area contributed by atoms with E-state index in [1.807, 2.05) is 12.1 Å². The second kappa shape index (κ2) is 5.88. The fourth-order valence-electron chi connectivity index (χ4n) is 5.74. The number of hydrogen-bond acceptors (Lipinski definition) is 3. The fraction of sp³-hybridized carbons (Fsp3) is 0.600. The number of hydrogen-bond donors (Lipinski definition) is 0. The first-order chi connectivity index (χ1) is 11.5. The predicted molar refractivity (Wildman–Crippen MR) is 94.3 cm³/mol. The third kappa shape index (κ3) is 3.11. The van der Waals surface area contributed by atoms with E-state index >= 15 is 0 Å². The molecule has 24 heavy (non-hydrogen) atoms. The van der Waals surface area contributed by atoms with Crippen molar-refractivity contribution in [1.29, 1.82) is 5.26 Å². The minimum Gasteiger partial charge on any atom is -0.461 e. The molecule has 0 N–H and O–H groups in total. The molecule has 0 amide bonds. The number of esters is 1. The van der Waals surface area contributed by atoms with Gasteiger partial charge in [0.2, 0.25) is 0 Å². The van der Waals surface area contributed by atoms with Crippen molar-refractivity contribution in [3.63, 3.8) is 0 Å². The van der Waals surface area contributed by atoms with E-state index in [-0.39, 0.29) is 15.7 Å². The molecule has 1 aromatic carbocycles. The number of nitriles is 1. The highest BCUT2D eigenvalue weighted by Gasteiger charge is 2.57. The van der Waals surface area contributed by atoms with Crippen molar-refractivity contribution in [1.82, 2.24) is 0 Å². The normalized spacial score (nSPS) is 36.3. The quantitative estimate of drug-likeness (QED) is 0.554. The molecule has 3 nitrogen and oxygen atoms in total. The van der Waals surface area contributed by atoms with Gasteiger partial charge in [-0.15, -0.1) is 0 Å². The maximum atomic E-state index is 12.4. The van der Waals surface area contributed by atoms with Crippen molar-refractivity contribution >= 4 is 21.9 Å². The van der Waals surface area contributed by atoms with E-state index < -0.39 is 0 Å². The lowest BCUT2D eigenvalue weighted by Gasteiger charge is -2.60. The second-order valence-corrected chi connectivity index (χ2v) is 9.94. The molecule has 0 spiro atoms. The topological polar surface area (TPSA) is 50.1 Å². The molecule has 0 saturated heterocycles. The Morgan fingerprint density at radius 2 is 1.88 bits per heavy atom. The Kier molecular flexibility index (Phi) is 3.95. The Bertz CT molecular complexity index is 677. The van der Waals surface area contributed by atoms with Crippen molar-refractivity contribution < 1.29 is 9.53 Å². The number of halogens is 1. The predicted octanol–water partition coefficient (Wildman–Crippen LogP) is 4.73. The lowest BCUT2D eigenvalue weighted by Crippen LogP contribution is -2.53. The van der Waals surface area contributed by atoms with Crippen LogP contribution in [0.2, 0.25) is 0 Å². The standard InChI is InChI=1S/C20H22BrNO2/c21-20-8-16-5-17(9-20)7-19(6-16,13-20)10-18(23)24-12-15-3-1-14(11-22)2-4-15/h1-4,16-17H,5-10,12-13H2/t16-,17-,19?,20?/m1/s1. The van der Waals surface area contributed by atoms with Gasteiger partial charge in [0.1, 0.15) is 6.61 Å². The Morgan fingerprint density at radius 3 is 2.46 bits per heavy atom. The molecule has 4 bridgehead atoms. The third-order valence-electron chi connectivity index (χ3n) is 6.11. The molecule has 1 aromatic rings. The molecule has 4 aliphatic carbocycles. The minimum atomic E-state index is -0.0718. The highest BCUT2D eigenvalue weighted by molar-refractivity contribution is 9.10. The molecule has 5 rings (SSSR count). The zero-order valence-corrected chi connectivity index (χ0v) is 15.3. The van der Waals surface area contributed by atoms with Crippen LogP contribution in [0.3, 0.4) is 0 Å². The first-order valence-corrected chi connectivity index (χ1v) is 9.61. The lowest BCUT2D eigenvalue weighted by atomic mass is 9.49. The van der Waals surface area contributed by atoms with Crippen LogP contribution in [-0.2, 0) is 16.1 Å². The lowest BCUT2D eigenvalue weighted by molar-refractivity contribution is -0.152. The van der Waals surface area contributed by atoms with Crippen LogP contribution in [-0.4, -0.2) is 10.3 Å². The molecule has 0 radical (unpaired) electrons. The number of benzene rings is 1. The summed E-state index contributed by atoms with van der Waals surface area (Å²) in [6.45, 7) is 0.299. The molecule has 2 atom stereocenters. The van der Waals surface area contributed by atoms with Gasteiger partial charge in [0.15, 0.2) is 0 Å². The summed E-state index contributed by atoms with van der Waals surface area (Å²) in [5, 5.41) is 8.82. The van der Waals surface area contributed by atoms with Crippen LogP contribution in [0.5, 0.6) is 0 Å². The smallest absolute Gasteiger partial charge is 0.306 e. The van der Waals surface area contributed by atoms with Crippen LogP contribution < -0.4 is 0 Å². The summed E-state index contributed by atoms with van der Waals surface area (Å²) in [5.74, 6) is 1.51. The van der Waals surface area contributed by atoms with E-state index in [1.165, 1.54) is 32.1 Å². The molecule has 4 aliphatic rings. The monoisotopic (exact) mass is 387 g/mol. The maximum Gasteiger partial charge on any atom is 0.306 e. The molecule has 126 valence electrons. The van der Waals surface area contributed by atoms with Crippen LogP contribution in [0.25, 0.3) is 0 Å². The highest BCUT2D eigenvalue weighted by atomic mass is 79.9. The summed E-state index contributed by atoms with van der Waals surface area (Å²) in [6.07, 6.45) is 8.00. The van der Waals surface area contributed by atoms with Gasteiger partial charge in [-0.1, -0.05) is 28.1 Å². The van der Waals surface area contributed by atoms with E-state index in [1.54, 1.807) is 12.1 Å². The van der Waals surface area contributed by atoms with Crippen molar-refractivity contribution in [2.75, 3.05) is 0 Å². The molecule has 0 unspecified atom stereocenters. The molecule has 4 saturated carbocycles. The summed E-state index contributed by atoms with van der Waals surface area (Å²) in [5.41, 5.74) is 1.72. The molecule has 0 aromatic heterocycles. The van der Waals surface area contributed by atoms with Gasteiger partial charge >= 0.3 is 5.97 Å². The van der Waals surface area contributed by atoms with E-state index in [4.69, 9.17) is 10.00 Å². The Hall–Kier alpha value is -1.34. The van der Waals surface area contributed by atoms with Crippen LogP contribution in [0.15, 0.2) is 24.3 Å². The number of alkyl halides is 1. The van der Waals surface area contributed by atoms with Gasteiger partial charge in [-0.3, -0.25) is 4.79 Å². The maximum absolute atomic E-state index is 12.4. The van der Waals surface area contributed by atoms with Crippen LogP contribution in [0.4, 0.5) is 0 Å². The van der Waals surface area contributed by atoms with Crippen LogP contribution in [0, 0.1) is 28.6 Å². The summed E-state index contributed by atoms with van der Waals surface area (Å²) in [7, 11) is 0. The van der Waals surface area contributed by atoms with Crippen molar-refractivity contribution in [3.05, 3.63) is 35.4 Å². The first-order valence-electron chi connectivity index (χ1n) is 8.81. The zero-order chi connectivity index (χ0) is 16.8. The molecular weight excluding hydrogens is 366 g/mol. The zero-order valence-electron chi connectivity index (χ0n) is 13.8. The minimum absolute atomic E-state index is 0.0718. The number of carbonyl (C=O) groups excluding carboxylic acids is 1.